The number of imide groups is 1. The molecular weight excluding hydrogens is 1020 g/mol. The summed E-state index contributed by atoms with van der Waals surface area (Å²) in [5.74, 6) is 2.09. The van der Waals surface area contributed by atoms with E-state index in [1.165, 1.54) is 28.0 Å². The van der Waals surface area contributed by atoms with Gasteiger partial charge in [-0.05, 0) is 180 Å². The van der Waals surface area contributed by atoms with Crippen molar-refractivity contribution < 1.29 is 37.8 Å². The van der Waals surface area contributed by atoms with Gasteiger partial charge in [0.2, 0.25) is 11.8 Å². The van der Waals surface area contributed by atoms with Gasteiger partial charge in [0.25, 0.3) is 5.91 Å². The van der Waals surface area contributed by atoms with Crippen LogP contribution in [0.3, 0.4) is 0 Å². The molecule has 2 N–H and O–H groups in total. The zero-order valence-electron chi connectivity index (χ0n) is 46.8. The first-order valence-corrected chi connectivity index (χ1v) is 29.5. The van der Waals surface area contributed by atoms with Crippen LogP contribution in [0.1, 0.15) is 149 Å². The van der Waals surface area contributed by atoms with Crippen molar-refractivity contribution in [2.24, 2.45) is 17.3 Å². The van der Waals surface area contributed by atoms with Crippen molar-refractivity contribution in [2.45, 2.75) is 136 Å². The van der Waals surface area contributed by atoms with Crippen LogP contribution in [-0.2, 0) is 25.5 Å². The highest BCUT2D eigenvalue weighted by Crippen LogP contribution is 2.47. The molecule has 17 heteroatoms. The summed E-state index contributed by atoms with van der Waals surface area (Å²) < 4.78 is 26.5. The van der Waals surface area contributed by atoms with Crippen molar-refractivity contribution in [2.75, 3.05) is 69.7 Å². The lowest BCUT2D eigenvalue weighted by Gasteiger charge is -2.47. The summed E-state index contributed by atoms with van der Waals surface area (Å²) in [7, 11) is 1.72. The number of rotatable bonds is 14. The number of fused-ring (bicyclic) bond motifs is 1. The van der Waals surface area contributed by atoms with Crippen LogP contribution in [0.25, 0.3) is 22.0 Å². The fourth-order valence-corrected chi connectivity index (χ4v) is 13.9. The lowest BCUT2D eigenvalue weighted by molar-refractivity contribution is -0.154. The van der Waals surface area contributed by atoms with Crippen molar-refractivity contribution in [1.82, 2.24) is 30.0 Å². The van der Waals surface area contributed by atoms with Gasteiger partial charge in [0.15, 0.2) is 0 Å². The number of aryl methyl sites for hydroxylation is 2. The van der Waals surface area contributed by atoms with Crippen molar-refractivity contribution in [1.29, 1.82) is 0 Å². The molecule has 1 atom stereocenters. The number of methoxy groups -OCH3 is 1. The molecule has 2 aromatic heterocycles. The first-order chi connectivity index (χ1) is 37.9. The molecule has 10 rings (SSSR count). The molecule has 2 aliphatic carbocycles. The van der Waals surface area contributed by atoms with E-state index in [0.717, 1.165) is 142 Å². The normalized spacial score (nSPS) is 20.8. The van der Waals surface area contributed by atoms with E-state index in [2.05, 4.69) is 57.0 Å². The minimum absolute atomic E-state index is 0.00974. The van der Waals surface area contributed by atoms with Gasteiger partial charge in [-0.25, -0.2) is 19.2 Å². The van der Waals surface area contributed by atoms with Gasteiger partial charge in [0, 0.05) is 93.0 Å². The number of aromatic nitrogens is 2. The number of thiophene rings is 1. The van der Waals surface area contributed by atoms with Crippen LogP contribution in [0.4, 0.5) is 20.7 Å². The van der Waals surface area contributed by atoms with Gasteiger partial charge >= 0.3 is 12.0 Å². The number of hydrogen-bond donors (Lipinski definition) is 2. The molecule has 0 bridgehead atoms. The van der Waals surface area contributed by atoms with Gasteiger partial charge in [0.1, 0.15) is 28.8 Å². The van der Waals surface area contributed by atoms with E-state index in [9.17, 15) is 28.4 Å². The largest absolute Gasteiger partial charge is 0.496 e. The van der Waals surface area contributed by atoms with Gasteiger partial charge in [-0.3, -0.25) is 34.3 Å². The number of urea groups is 1. The molecule has 1 spiro atoms. The van der Waals surface area contributed by atoms with E-state index in [-0.39, 0.29) is 53.8 Å². The third kappa shape index (κ3) is 12.9. The van der Waals surface area contributed by atoms with Gasteiger partial charge in [-0.15, -0.1) is 11.3 Å². The summed E-state index contributed by atoms with van der Waals surface area (Å²) in [6.45, 7) is 15.5. The third-order valence-corrected chi connectivity index (χ3v) is 18.6. The van der Waals surface area contributed by atoms with Crippen molar-refractivity contribution in [3.8, 4) is 16.9 Å². The Kier molecular flexibility index (Phi) is 16.8. The van der Waals surface area contributed by atoms with Crippen molar-refractivity contribution >= 4 is 63.5 Å². The van der Waals surface area contributed by atoms with Crippen LogP contribution >= 0.6 is 11.3 Å². The summed E-state index contributed by atoms with van der Waals surface area (Å²) in [6, 6.07) is 18.2. The van der Waals surface area contributed by atoms with Crippen LogP contribution < -0.4 is 20.3 Å². The zero-order chi connectivity index (χ0) is 55.6. The van der Waals surface area contributed by atoms with Crippen LogP contribution in [-0.4, -0.2) is 119 Å². The van der Waals surface area contributed by atoms with Crippen LogP contribution in [0, 0.1) is 30.0 Å². The predicted molar refractivity (Wildman–Crippen MR) is 306 cm³/mol. The minimum atomic E-state index is -0.680. The molecule has 5 fully saturated rings. The molecule has 5 aliphatic rings. The predicted octanol–water partition coefficient (Wildman–Crippen LogP) is 11.2. The topological polar surface area (TPSA) is 167 Å². The molecule has 0 unspecified atom stereocenters. The Morgan fingerprint density at radius 1 is 0.873 bits per heavy atom. The molecule has 79 heavy (non-hydrogen) atoms. The minimum Gasteiger partial charge on any atom is -0.496 e. The number of halogens is 1. The van der Waals surface area contributed by atoms with Crippen LogP contribution in [0.2, 0.25) is 0 Å². The number of anilines is 2. The molecule has 420 valence electrons. The first-order valence-electron chi connectivity index (χ1n) is 28.6. The number of carbonyl (C=O) groups excluding carboxylic acids is 5. The summed E-state index contributed by atoms with van der Waals surface area (Å²) in [5, 5.41) is 9.10. The second-order valence-electron chi connectivity index (χ2n) is 23.9. The van der Waals surface area contributed by atoms with Crippen molar-refractivity contribution in [3.05, 3.63) is 99.3 Å². The number of nitrogens with one attached hydrogen (secondary N) is 2. The Morgan fingerprint density at radius 2 is 1.61 bits per heavy atom. The second kappa shape index (κ2) is 23.7. The van der Waals surface area contributed by atoms with Gasteiger partial charge in [-0.2, -0.15) is 0 Å². The van der Waals surface area contributed by atoms with Gasteiger partial charge in [-0.1, -0.05) is 24.3 Å². The number of nitrogens with zero attached hydrogens (tertiary/aromatic N) is 6. The third-order valence-electron chi connectivity index (χ3n) is 17.4. The molecule has 5 amide bonds. The molecule has 3 aromatic carbocycles. The Labute approximate surface area is 468 Å². The summed E-state index contributed by atoms with van der Waals surface area (Å²) in [4.78, 5) is 83.1. The number of piperidine rings is 1. The first kappa shape index (κ1) is 55.8. The SMILES string of the molecule is COc1cc2nc(C)nc(N[C@H](C)c3cc(-c4ccccc4CCC(=O)OC(C)(C)C)cs3)c2cc1C1CCC(C(=O)N2CCN(CC3CCC4(CC3)CCN(C(=O)c3ccc(F)c(N5CCC(=O)NC5=O)c3)CC4)CC2)CC1. The molecular formula is C62H77FN8O7S. The highest BCUT2D eigenvalue weighted by atomic mass is 32.1. The zero-order valence-corrected chi connectivity index (χ0v) is 47.7. The smallest absolute Gasteiger partial charge is 0.328 e. The molecule has 0 radical (unpaired) electrons. The van der Waals surface area contributed by atoms with E-state index in [0.29, 0.717) is 49.1 Å². The van der Waals surface area contributed by atoms with E-state index >= 15 is 0 Å². The maximum absolute atomic E-state index is 14.8. The lowest BCUT2D eigenvalue weighted by atomic mass is 9.65. The van der Waals surface area contributed by atoms with Gasteiger partial charge in [0.05, 0.1) is 24.4 Å². The maximum Gasteiger partial charge on any atom is 0.328 e. The van der Waals surface area contributed by atoms with E-state index in [1.54, 1.807) is 18.4 Å². The second-order valence-corrected chi connectivity index (χ2v) is 24.9. The molecule has 15 nitrogen and oxygen atoms in total. The number of esters is 1. The van der Waals surface area contributed by atoms with Crippen molar-refractivity contribution in [3.63, 3.8) is 0 Å². The Morgan fingerprint density at radius 3 is 2.32 bits per heavy atom. The molecule has 3 aliphatic heterocycles. The molecule has 3 saturated heterocycles. The molecule has 5 aromatic rings. The standard InChI is InChI=1S/C62H77FN8O7S/c1-39(54-34-46(38-79-54)47-10-8-7-9-42(47)16-18-56(73)78-61(3,4)5)64-57-49-35-48(53(77-6)36-51(49)65-40(2)66-57)43-11-13-44(14-12-43)58(74)70-31-29-68(30-32-70)37-41-19-22-62(23-20-41)24-27-69(28-25-62)59(75)45-15-17-50(63)52(33-45)71-26-21-55(72)67-60(71)76/h7-10,15,17,33-36,38-39,41,43-44H,11-14,16,18-32,37H2,1-6H3,(H,64,65,66)(H,67,72,76)/t39-,43?,44?/m1/s1. The number of likely N-dealkylation sites (tertiary alicyclic amines) is 1. The summed E-state index contributed by atoms with van der Waals surface area (Å²) >= 11 is 1.70. The lowest BCUT2D eigenvalue weighted by Crippen LogP contribution is -2.52. The number of amides is 5. The molecule has 5 heterocycles. The van der Waals surface area contributed by atoms with E-state index < -0.39 is 23.4 Å². The summed E-state index contributed by atoms with van der Waals surface area (Å²) in [6.07, 6.45) is 11.0. The average Bonchev–Trinajstić information content (AvgIpc) is 4.01. The Hall–Kier alpha value is -6.46. The van der Waals surface area contributed by atoms with E-state index in [4.69, 9.17) is 19.4 Å². The fourth-order valence-electron chi connectivity index (χ4n) is 13.0. The fraction of sp³-hybridized carbons (Fsp3) is 0.532. The number of carbonyl (C=O) groups is 5. The number of piperazine rings is 1. The number of benzene rings is 3. The van der Waals surface area contributed by atoms with Crippen LogP contribution in [0.5, 0.6) is 5.75 Å². The average molecular weight is 1100 g/mol. The number of hydrogen-bond acceptors (Lipinski definition) is 12. The quantitative estimate of drug-likeness (QED) is 0.102. The van der Waals surface area contributed by atoms with E-state index in [1.807, 2.05) is 50.8 Å². The maximum atomic E-state index is 14.8. The van der Waals surface area contributed by atoms with Gasteiger partial charge < -0.3 is 24.6 Å². The summed E-state index contributed by atoms with van der Waals surface area (Å²) in [5.41, 5.74) is 5.38. The monoisotopic (exact) mass is 1100 g/mol. The Balaban J connectivity index is 0.685. The Bertz CT molecular complexity index is 3070. The van der Waals surface area contributed by atoms with Crippen LogP contribution in [0.15, 0.2) is 66.0 Å². The number of ether oxygens (including phenoxy) is 2. The highest BCUT2D eigenvalue weighted by Gasteiger charge is 2.41. The highest BCUT2D eigenvalue weighted by molar-refractivity contribution is 7.10. The molecule has 2 saturated carbocycles.